The summed E-state index contributed by atoms with van der Waals surface area (Å²) >= 11 is 0. The molecule has 0 aromatic heterocycles. The van der Waals surface area contributed by atoms with Gasteiger partial charge in [-0.05, 0) is 17.7 Å². The maximum Gasteiger partial charge on any atom is 0.0754 e. The van der Waals surface area contributed by atoms with Gasteiger partial charge in [0.2, 0.25) is 0 Å². The molecule has 0 amide bonds. The smallest absolute Gasteiger partial charge is 0.0754 e. The summed E-state index contributed by atoms with van der Waals surface area (Å²) in [7, 11) is -1.26. The summed E-state index contributed by atoms with van der Waals surface area (Å²) in [5.74, 6) is 0. The van der Waals surface area contributed by atoms with Crippen LogP contribution >= 0.6 is 0 Å². The molecule has 0 heterocycles. The summed E-state index contributed by atoms with van der Waals surface area (Å²) in [6.45, 7) is 8.44. The molecule has 2 N–H and O–H groups in total. The van der Waals surface area contributed by atoms with Gasteiger partial charge >= 0.3 is 0 Å². The van der Waals surface area contributed by atoms with Crippen LogP contribution in [-0.2, 0) is 0 Å². The number of rotatable bonds is 4. The highest BCUT2D eigenvalue weighted by Crippen LogP contribution is 2.17. The molecule has 0 saturated heterocycles. The molecule has 1 aromatic carbocycles. The summed E-state index contributed by atoms with van der Waals surface area (Å²) in [6, 6.07) is 9.05. The van der Waals surface area contributed by atoms with Crippen molar-refractivity contribution in [2.24, 2.45) is 0 Å². The molecular weight excluding hydrogens is 198 g/mol. The van der Waals surface area contributed by atoms with Crippen LogP contribution in [0, 0.1) is 0 Å². The van der Waals surface area contributed by atoms with Crippen LogP contribution in [0.5, 0.6) is 0 Å². The first-order valence-corrected chi connectivity index (χ1v) is 8.48. The molecule has 0 atom stereocenters. The minimum Gasteiger partial charge on any atom is -0.398 e. The van der Waals surface area contributed by atoms with Crippen molar-refractivity contribution in [2.75, 3.05) is 5.73 Å². The molecule has 1 nitrogen and oxygen atoms in total. The van der Waals surface area contributed by atoms with Crippen LogP contribution in [0.4, 0.5) is 5.69 Å². The number of para-hydroxylation sites is 1. The maximum atomic E-state index is 5.87. The van der Waals surface area contributed by atoms with E-state index in [0.717, 1.165) is 17.3 Å². The third-order valence-corrected chi connectivity index (χ3v) is 4.79. The molecule has 0 aliphatic carbocycles. The van der Waals surface area contributed by atoms with Crippen LogP contribution < -0.4 is 5.73 Å². The zero-order valence-electron chi connectivity index (χ0n) is 9.53. The minimum atomic E-state index is -1.26. The zero-order chi connectivity index (χ0) is 11.3. The second kappa shape index (κ2) is 4.98. The monoisotopic (exact) mass is 217 g/mol. The summed E-state index contributed by atoms with van der Waals surface area (Å²) in [5, 5.41) is 0. The number of anilines is 1. The standard InChI is InChI=1S/C13H19NSi/c1-4-10-15(2,3)11-9-12-7-5-6-8-13(12)14/h4-9,11H,1,10,14H2,2-3H3. The van der Waals surface area contributed by atoms with Gasteiger partial charge in [-0.15, -0.1) is 6.58 Å². The molecule has 2 heteroatoms. The molecular formula is C13H19NSi. The Morgan fingerprint density at radius 1 is 1.33 bits per heavy atom. The molecule has 0 saturated carbocycles. The average molecular weight is 217 g/mol. The van der Waals surface area contributed by atoms with Gasteiger partial charge in [0, 0.05) is 5.69 Å². The van der Waals surface area contributed by atoms with Crippen molar-refractivity contribution >= 4 is 19.8 Å². The van der Waals surface area contributed by atoms with Gasteiger partial charge in [0.05, 0.1) is 8.07 Å². The number of nitrogens with two attached hydrogens (primary N) is 1. The lowest BCUT2D eigenvalue weighted by Gasteiger charge is -2.14. The van der Waals surface area contributed by atoms with E-state index < -0.39 is 8.07 Å². The number of hydrogen-bond donors (Lipinski definition) is 1. The highest BCUT2D eigenvalue weighted by molar-refractivity contribution is 6.83. The fraction of sp³-hybridized carbons (Fsp3) is 0.231. The highest BCUT2D eigenvalue weighted by atomic mass is 28.3. The average Bonchev–Trinajstić information content (AvgIpc) is 2.16. The van der Waals surface area contributed by atoms with Crippen molar-refractivity contribution in [1.82, 2.24) is 0 Å². The Morgan fingerprint density at radius 2 is 2.00 bits per heavy atom. The zero-order valence-corrected chi connectivity index (χ0v) is 10.5. The van der Waals surface area contributed by atoms with Crippen molar-refractivity contribution < 1.29 is 0 Å². The number of nitrogen functional groups attached to an aromatic ring is 1. The lowest BCUT2D eigenvalue weighted by atomic mass is 10.2. The fourth-order valence-electron chi connectivity index (χ4n) is 1.42. The van der Waals surface area contributed by atoms with Gasteiger partial charge in [-0.2, -0.15) is 0 Å². The molecule has 1 rings (SSSR count). The molecule has 0 radical (unpaired) electrons. The van der Waals surface area contributed by atoms with Crippen molar-refractivity contribution in [2.45, 2.75) is 19.1 Å². The number of allylic oxidation sites excluding steroid dienone is 1. The van der Waals surface area contributed by atoms with Gasteiger partial charge in [0.25, 0.3) is 0 Å². The van der Waals surface area contributed by atoms with E-state index in [4.69, 9.17) is 5.73 Å². The molecule has 0 aliphatic heterocycles. The van der Waals surface area contributed by atoms with E-state index in [0.29, 0.717) is 0 Å². The van der Waals surface area contributed by atoms with E-state index in [1.54, 1.807) is 0 Å². The first-order valence-electron chi connectivity index (χ1n) is 5.20. The Kier molecular flexibility index (Phi) is 3.92. The fourth-order valence-corrected chi connectivity index (χ4v) is 2.93. The molecule has 0 spiro atoms. The Morgan fingerprint density at radius 3 is 2.60 bits per heavy atom. The number of benzene rings is 1. The maximum absolute atomic E-state index is 5.87. The second-order valence-electron chi connectivity index (χ2n) is 4.44. The van der Waals surface area contributed by atoms with Crippen molar-refractivity contribution in [1.29, 1.82) is 0 Å². The lowest BCUT2D eigenvalue weighted by molar-refractivity contribution is 1.56. The topological polar surface area (TPSA) is 26.0 Å². The predicted molar refractivity (Wildman–Crippen MR) is 72.4 cm³/mol. The molecule has 15 heavy (non-hydrogen) atoms. The van der Waals surface area contributed by atoms with Crippen LogP contribution in [0.25, 0.3) is 6.08 Å². The molecule has 0 bridgehead atoms. The van der Waals surface area contributed by atoms with E-state index in [2.05, 4.69) is 31.4 Å². The van der Waals surface area contributed by atoms with Gasteiger partial charge in [-0.1, -0.05) is 49.1 Å². The van der Waals surface area contributed by atoms with E-state index in [9.17, 15) is 0 Å². The normalized spacial score (nSPS) is 11.9. The first-order chi connectivity index (χ1) is 7.05. The number of hydrogen-bond acceptors (Lipinski definition) is 1. The van der Waals surface area contributed by atoms with Crippen LogP contribution in [-0.4, -0.2) is 8.07 Å². The van der Waals surface area contributed by atoms with Crippen LogP contribution in [0.15, 0.2) is 42.6 Å². The van der Waals surface area contributed by atoms with E-state index >= 15 is 0 Å². The van der Waals surface area contributed by atoms with Crippen LogP contribution in [0.3, 0.4) is 0 Å². The van der Waals surface area contributed by atoms with E-state index in [-0.39, 0.29) is 0 Å². The molecule has 80 valence electrons. The summed E-state index contributed by atoms with van der Waals surface area (Å²) in [6.07, 6.45) is 4.15. The summed E-state index contributed by atoms with van der Waals surface area (Å²) < 4.78 is 0. The summed E-state index contributed by atoms with van der Waals surface area (Å²) in [4.78, 5) is 0. The molecule has 0 aliphatic rings. The minimum absolute atomic E-state index is 0.845. The molecule has 1 aromatic rings. The van der Waals surface area contributed by atoms with Crippen molar-refractivity contribution in [3.05, 3.63) is 48.2 Å². The third-order valence-electron chi connectivity index (χ3n) is 2.38. The predicted octanol–water partition coefficient (Wildman–Crippen LogP) is 3.72. The largest absolute Gasteiger partial charge is 0.398 e. The second-order valence-corrected chi connectivity index (χ2v) is 9.16. The third kappa shape index (κ3) is 3.76. The van der Waals surface area contributed by atoms with Gasteiger partial charge in [-0.3, -0.25) is 0 Å². The lowest BCUT2D eigenvalue weighted by Crippen LogP contribution is -2.20. The molecule has 0 unspecified atom stereocenters. The Bertz CT molecular complexity index is 367. The van der Waals surface area contributed by atoms with Gasteiger partial charge in [0.1, 0.15) is 0 Å². The van der Waals surface area contributed by atoms with Crippen molar-refractivity contribution in [3.63, 3.8) is 0 Å². The van der Waals surface area contributed by atoms with Gasteiger partial charge < -0.3 is 5.73 Å². The van der Waals surface area contributed by atoms with E-state index in [1.165, 1.54) is 0 Å². The van der Waals surface area contributed by atoms with Gasteiger partial charge in [0.15, 0.2) is 0 Å². The van der Waals surface area contributed by atoms with Crippen LogP contribution in [0.1, 0.15) is 5.56 Å². The highest BCUT2D eigenvalue weighted by Gasteiger charge is 2.13. The molecule has 0 fully saturated rings. The Hall–Kier alpha value is -1.28. The van der Waals surface area contributed by atoms with Gasteiger partial charge in [-0.25, -0.2) is 0 Å². The summed E-state index contributed by atoms with van der Waals surface area (Å²) in [5.41, 5.74) is 10.1. The SMILES string of the molecule is C=CC[Si](C)(C)C=Cc1ccccc1N. The Balaban J connectivity index is 2.81. The van der Waals surface area contributed by atoms with E-state index in [1.807, 2.05) is 30.3 Å². The quantitative estimate of drug-likeness (QED) is 0.464. The first kappa shape index (κ1) is 11.8. The van der Waals surface area contributed by atoms with Crippen molar-refractivity contribution in [3.8, 4) is 0 Å². The van der Waals surface area contributed by atoms with Crippen LogP contribution in [0.2, 0.25) is 19.1 Å². The Labute approximate surface area is 93.3 Å².